The molecule has 0 aliphatic carbocycles. The number of aryl methyl sites for hydroxylation is 1. The quantitative estimate of drug-likeness (QED) is 0.791. The molecule has 0 saturated carbocycles. The second-order valence-corrected chi connectivity index (χ2v) is 3.89. The summed E-state index contributed by atoms with van der Waals surface area (Å²) in [5.41, 5.74) is 1.04. The number of ether oxygens (including phenoxy) is 2. The third kappa shape index (κ3) is 3.55. The first-order valence-electron chi connectivity index (χ1n) is 4.56. The van der Waals surface area contributed by atoms with Gasteiger partial charge >= 0.3 is 5.97 Å². The van der Waals surface area contributed by atoms with E-state index in [1.807, 2.05) is 18.2 Å². The van der Waals surface area contributed by atoms with E-state index < -0.39 is 0 Å². The number of benzene rings is 1. The first-order valence-corrected chi connectivity index (χ1v) is 5.36. The number of rotatable bonds is 4. The Hall–Kier alpha value is -1.03. The molecule has 0 heterocycles. The summed E-state index contributed by atoms with van der Waals surface area (Å²) in [5.74, 6) is 0.586. The highest BCUT2D eigenvalue weighted by Crippen LogP contribution is 2.23. The van der Waals surface area contributed by atoms with Crippen molar-refractivity contribution in [3.05, 3.63) is 28.2 Å². The summed E-state index contributed by atoms with van der Waals surface area (Å²) in [6, 6.07) is 5.68. The van der Waals surface area contributed by atoms with Gasteiger partial charge in [-0.1, -0.05) is 15.9 Å². The molecular weight excluding hydrogens is 260 g/mol. The number of esters is 1. The van der Waals surface area contributed by atoms with Crippen molar-refractivity contribution in [2.45, 2.75) is 12.8 Å². The van der Waals surface area contributed by atoms with Crippen LogP contribution < -0.4 is 4.74 Å². The van der Waals surface area contributed by atoms with Crippen LogP contribution in [0.4, 0.5) is 0 Å². The zero-order valence-electron chi connectivity index (χ0n) is 8.75. The number of hydrogen-bond donors (Lipinski definition) is 0. The Balaban J connectivity index is 2.70. The highest BCUT2D eigenvalue weighted by molar-refractivity contribution is 9.10. The molecule has 4 heteroatoms. The van der Waals surface area contributed by atoms with Crippen LogP contribution in [0.3, 0.4) is 0 Å². The Morgan fingerprint density at radius 3 is 2.73 bits per heavy atom. The average Bonchev–Trinajstić information content (AvgIpc) is 2.27. The van der Waals surface area contributed by atoms with Gasteiger partial charge in [-0.2, -0.15) is 0 Å². The van der Waals surface area contributed by atoms with Crippen molar-refractivity contribution in [3.63, 3.8) is 0 Å². The van der Waals surface area contributed by atoms with Crippen molar-refractivity contribution in [2.75, 3.05) is 14.2 Å². The molecule has 0 N–H and O–H groups in total. The number of methoxy groups -OCH3 is 2. The van der Waals surface area contributed by atoms with Crippen LogP contribution in [0.25, 0.3) is 0 Å². The number of hydrogen-bond acceptors (Lipinski definition) is 3. The normalized spacial score (nSPS) is 9.80. The molecule has 1 aromatic rings. The van der Waals surface area contributed by atoms with E-state index in [1.165, 1.54) is 7.11 Å². The van der Waals surface area contributed by atoms with Crippen molar-refractivity contribution < 1.29 is 14.3 Å². The zero-order valence-corrected chi connectivity index (χ0v) is 10.3. The van der Waals surface area contributed by atoms with Crippen LogP contribution in [0.5, 0.6) is 5.75 Å². The van der Waals surface area contributed by atoms with E-state index in [4.69, 9.17) is 4.74 Å². The van der Waals surface area contributed by atoms with Crippen molar-refractivity contribution in [3.8, 4) is 5.75 Å². The Morgan fingerprint density at radius 1 is 1.40 bits per heavy atom. The van der Waals surface area contributed by atoms with Gasteiger partial charge in [0.1, 0.15) is 5.75 Å². The number of carbonyl (C=O) groups excluding carboxylic acids is 1. The van der Waals surface area contributed by atoms with E-state index in [9.17, 15) is 4.79 Å². The lowest BCUT2D eigenvalue weighted by Gasteiger charge is -2.06. The molecule has 0 spiro atoms. The third-order valence-corrected chi connectivity index (χ3v) is 2.85. The Labute approximate surface area is 97.5 Å². The molecule has 0 aliphatic heterocycles. The number of carbonyl (C=O) groups is 1. The van der Waals surface area contributed by atoms with Crippen LogP contribution in [0, 0.1) is 0 Å². The first kappa shape index (κ1) is 12.0. The van der Waals surface area contributed by atoms with Crippen molar-refractivity contribution in [2.24, 2.45) is 0 Å². The predicted molar refractivity (Wildman–Crippen MR) is 61.0 cm³/mol. The lowest BCUT2D eigenvalue weighted by molar-refractivity contribution is -0.140. The molecule has 0 aliphatic rings. The van der Waals surface area contributed by atoms with Gasteiger partial charge in [-0.15, -0.1) is 0 Å². The average molecular weight is 273 g/mol. The molecule has 0 bridgehead atoms. The van der Waals surface area contributed by atoms with E-state index in [0.29, 0.717) is 12.8 Å². The van der Waals surface area contributed by atoms with Gasteiger partial charge in [0.25, 0.3) is 0 Å². The standard InChI is InChI=1S/C11H13BrO3/c1-14-9-4-5-10(12)8(7-9)3-6-11(13)15-2/h4-5,7H,3,6H2,1-2H3. The SMILES string of the molecule is COC(=O)CCc1cc(OC)ccc1Br. The molecule has 1 rings (SSSR count). The first-order chi connectivity index (χ1) is 7.17. The minimum Gasteiger partial charge on any atom is -0.497 e. The maximum Gasteiger partial charge on any atom is 0.305 e. The lowest BCUT2D eigenvalue weighted by atomic mass is 10.1. The maximum atomic E-state index is 11.0. The van der Waals surface area contributed by atoms with Gasteiger partial charge < -0.3 is 9.47 Å². The summed E-state index contributed by atoms with van der Waals surface area (Å²) in [4.78, 5) is 11.0. The molecule has 0 unspecified atom stereocenters. The van der Waals surface area contributed by atoms with E-state index in [-0.39, 0.29) is 5.97 Å². The molecule has 3 nitrogen and oxygen atoms in total. The molecule has 0 fully saturated rings. The molecule has 0 atom stereocenters. The maximum absolute atomic E-state index is 11.0. The summed E-state index contributed by atoms with van der Waals surface area (Å²) in [7, 11) is 3.01. The Bertz CT molecular complexity index is 350. The Kier molecular flexibility index (Phi) is 4.62. The lowest BCUT2D eigenvalue weighted by Crippen LogP contribution is -2.02. The second-order valence-electron chi connectivity index (χ2n) is 3.03. The van der Waals surface area contributed by atoms with E-state index in [1.54, 1.807) is 7.11 Å². The molecule has 1 aromatic carbocycles. The second kappa shape index (κ2) is 5.75. The molecule has 82 valence electrons. The van der Waals surface area contributed by atoms with Gasteiger partial charge in [-0.25, -0.2) is 0 Å². The topological polar surface area (TPSA) is 35.5 Å². The molecule has 0 amide bonds. The monoisotopic (exact) mass is 272 g/mol. The van der Waals surface area contributed by atoms with Gasteiger partial charge in [-0.05, 0) is 30.2 Å². The zero-order chi connectivity index (χ0) is 11.3. The highest BCUT2D eigenvalue weighted by Gasteiger charge is 2.05. The third-order valence-electron chi connectivity index (χ3n) is 2.08. The fraction of sp³-hybridized carbons (Fsp3) is 0.364. The minimum absolute atomic E-state index is 0.204. The van der Waals surface area contributed by atoms with Crippen LogP contribution in [-0.2, 0) is 16.0 Å². The molecule has 15 heavy (non-hydrogen) atoms. The van der Waals surface area contributed by atoms with Crippen molar-refractivity contribution >= 4 is 21.9 Å². The largest absolute Gasteiger partial charge is 0.497 e. The molecule has 0 saturated heterocycles. The fourth-order valence-corrected chi connectivity index (χ4v) is 1.65. The molecular formula is C11H13BrO3. The van der Waals surface area contributed by atoms with Crippen LogP contribution in [0.15, 0.2) is 22.7 Å². The van der Waals surface area contributed by atoms with Crippen LogP contribution in [0.2, 0.25) is 0 Å². The highest BCUT2D eigenvalue weighted by atomic mass is 79.9. The predicted octanol–water partition coefficient (Wildman–Crippen LogP) is 2.56. The summed E-state index contributed by atoms with van der Waals surface area (Å²) < 4.78 is 10.7. The summed E-state index contributed by atoms with van der Waals surface area (Å²) in [5, 5.41) is 0. The summed E-state index contributed by atoms with van der Waals surface area (Å²) >= 11 is 3.42. The van der Waals surface area contributed by atoms with Gasteiger partial charge in [0.05, 0.1) is 14.2 Å². The smallest absolute Gasteiger partial charge is 0.305 e. The molecule has 0 aromatic heterocycles. The van der Waals surface area contributed by atoms with E-state index in [0.717, 1.165) is 15.8 Å². The fourth-order valence-electron chi connectivity index (χ4n) is 1.21. The summed E-state index contributed by atoms with van der Waals surface area (Å²) in [6.45, 7) is 0. The van der Waals surface area contributed by atoms with Crippen LogP contribution in [-0.4, -0.2) is 20.2 Å². The van der Waals surface area contributed by atoms with Crippen LogP contribution >= 0.6 is 15.9 Å². The van der Waals surface area contributed by atoms with Gasteiger partial charge in [-0.3, -0.25) is 4.79 Å². The van der Waals surface area contributed by atoms with Gasteiger partial charge in [0.2, 0.25) is 0 Å². The van der Waals surface area contributed by atoms with Crippen LogP contribution in [0.1, 0.15) is 12.0 Å². The molecule has 0 radical (unpaired) electrons. The van der Waals surface area contributed by atoms with E-state index >= 15 is 0 Å². The van der Waals surface area contributed by atoms with Crippen molar-refractivity contribution in [1.29, 1.82) is 0 Å². The summed E-state index contributed by atoms with van der Waals surface area (Å²) in [6.07, 6.45) is 1.02. The number of halogens is 1. The van der Waals surface area contributed by atoms with Gasteiger partial charge in [0, 0.05) is 10.9 Å². The Morgan fingerprint density at radius 2 is 2.13 bits per heavy atom. The van der Waals surface area contributed by atoms with Crippen molar-refractivity contribution in [1.82, 2.24) is 0 Å². The van der Waals surface area contributed by atoms with Gasteiger partial charge in [0.15, 0.2) is 0 Å². The minimum atomic E-state index is -0.204. The van der Waals surface area contributed by atoms with E-state index in [2.05, 4.69) is 20.7 Å².